The van der Waals surface area contributed by atoms with Crippen LogP contribution in [0, 0.1) is 5.82 Å². The first-order valence-electron chi connectivity index (χ1n) is 11.6. The number of amides is 1. The van der Waals surface area contributed by atoms with Crippen molar-refractivity contribution in [3.8, 4) is 5.88 Å². The van der Waals surface area contributed by atoms with E-state index in [2.05, 4.69) is 31.2 Å². The van der Waals surface area contributed by atoms with Crippen molar-refractivity contribution in [2.24, 2.45) is 0 Å². The Balaban J connectivity index is 1.26. The van der Waals surface area contributed by atoms with Crippen molar-refractivity contribution in [2.75, 3.05) is 45.2 Å². The predicted octanol–water partition coefficient (Wildman–Crippen LogP) is 3.51. The van der Waals surface area contributed by atoms with Gasteiger partial charge in [0.05, 0.1) is 24.7 Å². The Hall–Kier alpha value is -3.52. The monoisotopic (exact) mass is 461 g/mol. The van der Waals surface area contributed by atoms with Crippen LogP contribution in [-0.2, 0) is 0 Å². The molecule has 3 aromatic rings. The Morgan fingerprint density at radius 1 is 1.15 bits per heavy atom. The van der Waals surface area contributed by atoms with Crippen molar-refractivity contribution in [2.45, 2.75) is 18.9 Å². The Labute approximate surface area is 198 Å². The first-order valence-corrected chi connectivity index (χ1v) is 11.6. The van der Waals surface area contributed by atoms with Crippen LogP contribution >= 0.6 is 0 Å². The molecule has 176 valence electrons. The van der Waals surface area contributed by atoms with Gasteiger partial charge in [0.25, 0.3) is 5.91 Å². The van der Waals surface area contributed by atoms with Crippen molar-refractivity contribution < 1.29 is 13.9 Å². The molecule has 1 aliphatic heterocycles. The normalized spacial score (nSPS) is 18.7. The number of hydrogen-bond donors (Lipinski definition) is 1. The number of carbonyl (C=O) groups excluding carboxylic acids is 1. The lowest BCUT2D eigenvalue weighted by Crippen LogP contribution is -2.49. The van der Waals surface area contributed by atoms with Gasteiger partial charge in [-0.05, 0) is 54.1 Å². The molecule has 5 rings (SSSR count). The lowest BCUT2D eigenvalue weighted by molar-refractivity contribution is 0.0958. The molecule has 3 heterocycles. The summed E-state index contributed by atoms with van der Waals surface area (Å²) in [5, 5.41) is 4.21. The molecule has 1 aliphatic carbocycles. The van der Waals surface area contributed by atoms with Crippen LogP contribution < -0.4 is 15.0 Å². The van der Waals surface area contributed by atoms with Crippen LogP contribution in [0.3, 0.4) is 0 Å². The molecule has 1 atom stereocenters. The van der Waals surface area contributed by atoms with E-state index in [9.17, 15) is 9.18 Å². The minimum absolute atomic E-state index is 0.175. The van der Waals surface area contributed by atoms with Crippen LogP contribution in [0.4, 0.5) is 10.1 Å². The van der Waals surface area contributed by atoms with E-state index in [1.165, 1.54) is 17.7 Å². The summed E-state index contributed by atoms with van der Waals surface area (Å²) in [6, 6.07) is 10.9. The standard InChI is InChI=1S/C26H28FN5O2/c1-28-25(33)23-8-7-21(16-29-23)32-11-9-31(10-12-32)20-6-4-18(13-20)24-14-17-3-5-19(27)15-22(17)26(30-24)34-2/h3,5,7-8,13-16,20H,4,6,9-12H2,1-2H3,(H,28,33). The number of nitrogens with zero attached hydrogens (tertiary/aromatic N) is 4. The number of benzene rings is 1. The number of carbonyl (C=O) groups is 1. The van der Waals surface area contributed by atoms with Crippen molar-refractivity contribution in [1.82, 2.24) is 20.2 Å². The quantitative estimate of drug-likeness (QED) is 0.627. The number of hydrogen-bond acceptors (Lipinski definition) is 6. The summed E-state index contributed by atoms with van der Waals surface area (Å²) in [5.74, 6) is -0.00953. The molecular formula is C26H28FN5O2. The fourth-order valence-corrected chi connectivity index (χ4v) is 4.86. The van der Waals surface area contributed by atoms with Gasteiger partial charge in [0.15, 0.2) is 0 Å². The van der Waals surface area contributed by atoms with E-state index in [0.717, 1.165) is 55.8 Å². The second kappa shape index (κ2) is 9.38. The van der Waals surface area contributed by atoms with Crippen LogP contribution in [0.5, 0.6) is 5.88 Å². The zero-order valence-corrected chi connectivity index (χ0v) is 19.4. The SMILES string of the molecule is CNC(=O)c1ccc(N2CCN(C3C=C(c4cc5ccc(F)cc5c(OC)n4)CC3)CC2)cn1. The maximum atomic E-state index is 13.7. The number of piperazine rings is 1. The maximum absolute atomic E-state index is 13.7. The van der Waals surface area contributed by atoms with Crippen LogP contribution in [0.1, 0.15) is 29.0 Å². The number of rotatable bonds is 5. The largest absolute Gasteiger partial charge is 0.481 e. The highest BCUT2D eigenvalue weighted by atomic mass is 19.1. The Kier molecular flexibility index (Phi) is 6.15. The molecular weight excluding hydrogens is 433 g/mol. The molecule has 2 aliphatic rings. The van der Waals surface area contributed by atoms with Gasteiger partial charge in [0.2, 0.25) is 5.88 Å². The van der Waals surface area contributed by atoms with Gasteiger partial charge in [0, 0.05) is 44.7 Å². The van der Waals surface area contributed by atoms with Gasteiger partial charge in [0.1, 0.15) is 11.5 Å². The first-order chi connectivity index (χ1) is 16.6. The fraction of sp³-hybridized carbons (Fsp3) is 0.346. The highest BCUT2D eigenvalue weighted by Gasteiger charge is 2.27. The van der Waals surface area contributed by atoms with E-state index >= 15 is 0 Å². The molecule has 0 spiro atoms. The number of halogens is 1. The zero-order chi connectivity index (χ0) is 23.7. The Morgan fingerprint density at radius 3 is 2.68 bits per heavy atom. The summed E-state index contributed by atoms with van der Waals surface area (Å²) in [7, 11) is 3.18. The molecule has 1 saturated heterocycles. The van der Waals surface area contributed by atoms with Crippen molar-refractivity contribution >= 4 is 27.9 Å². The van der Waals surface area contributed by atoms with Gasteiger partial charge in [-0.2, -0.15) is 0 Å². The summed E-state index contributed by atoms with van der Waals surface area (Å²) in [6.07, 6.45) is 6.12. The third-order valence-corrected chi connectivity index (χ3v) is 6.74. The number of fused-ring (bicyclic) bond motifs is 1. The molecule has 0 radical (unpaired) electrons. The van der Waals surface area contributed by atoms with E-state index < -0.39 is 0 Å². The minimum atomic E-state index is -0.294. The second-order valence-electron chi connectivity index (χ2n) is 8.68. The molecule has 0 saturated carbocycles. The average Bonchev–Trinajstić information content (AvgIpc) is 3.38. The van der Waals surface area contributed by atoms with Gasteiger partial charge in [-0.1, -0.05) is 12.1 Å². The molecule has 1 aromatic carbocycles. The third-order valence-electron chi connectivity index (χ3n) is 6.74. The van der Waals surface area contributed by atoms with Crippen molar-refractivity contribution in [3.63, 3.8) is 0 Å². The van der Waals surface area contributed by atoms with Crippen LogP contribution in [0.2, 0.25) is 0 Å². The van der Waals surface area contributed by atoms with Crippen molar-refractivity contribution in [1.29, 1.82) is 0 Å². The number of allylic oxidation sites excluding steroid dienone is 1. The number of nitrogens with one attached hydrogen (secondary N) is 1. The lowest BCUT2D eigenvalue weighted by atomic mass is 10.1. The molecule has 34 heavy (non-hydrogen) atoms. The highest BCUT2D eigenvalue weighted by molar-refractivity contribution is 5.92. The van der Waals surface area contributed by atoms with Crippen LogP contribution in [0.25, 0.3) is 16.3 Å². The highest BCUT2D eigenvalue weighted by Crippen LogP contribution is 2.34. The van der Waals surface area contributed by atoms with Gasteiger partial charge in [-0.3, -0.25) is 9.69 Å². The average molecular weight is 462 g/mol. The maximum Gasteiger partial charge on any atom is 0.269 e. The minimum Gasteiger partial charge on any atom is -0.481 e. The first kappa shape index (κ1) is 22.3. The molecule has 0 bridgehead atoms. The van der Waals surface area contributed by atoms with E-state index in [4.69, 9.17) is 4.74 Å². The number of pyridine rings is 2. The number of anilines is 1. The van der Waals surface area contributed by atoms with Crippen molar-refractivity contribution in [3.05, 3.63) is 65.9 Å². The predicted molar refractivity (Wildman–Crippen MR) is 131 cm³/mol. The second-order valence-corrected chi connectivity index (χ2v) is 8.68. The van der Waals surface area contributed by atoms with Crippen LogP contribution in [0.15, 0.2) is 48.7 Å². The summed E-state index contributed by atoms with van der Waals surface area (Å²) in [5.41, 5.74) is 3.58. The van der Waals surface area contributed by atoms with Gasteiger partial charge >= 0.3 is 0 Å². The Bertz CT molecular complexity index is 1240. The number of aromatic nitrogens is 2. The number of ether oxygens (including phenoxy) is 1. The third kappa shape index (κ3) is 4.33. The summed E-state index contributed by atoms with van der Waals surface area (Å²) in [6.45, 7) is 3.74. The molecule has 1 fully saturated rings. The summed E-state index contributed by atoms with van der Waals surface area (Å²) < 4.78 is 19.1. The molecule has 2 aromatic heterocycles. The summed E-state index contributed by atoms with van der Waals surface area (Å²) in [4.78, 5) is 25.5. The smallest absolute Gasteiger partial charge is 0.269 e. The molecule has 8 heteroatoms. The lowest BCUT2D eigenvalue weighted by Gasteiger charge is -2.38. The molecule has 1 amide bonds. The zero-order valence-electron chi connectivity index (χ0n) is 19.4. The molecule has 7 nitrogen and oxygen atoms in total. The number of methoxy groups -OCH3 is 1. The van der Waals surface area contributed by atoms with Gasteiger partial charge in [-0.15, -0.1) is 0 Å². The van der Waals surface area contributed by atoms with E-state index in [0.29, 0.717) is 23.0 Å². The Morgan fingerprint density at radius 2 is 1.97 bits per heavy atom. The van der Waals surface area contributed by atoms with Gasteiger partial charge < -0.3 is 15.0 Å². The van der Waals surface area contributed by atoms with E-state index in [1.54, 1.807) is 32.5 Å². The van der Waals surface area contributed by atoms with Gasteiger partial charge in [-0.25, -0.2) is 14.4 Å². The topological polar surface area (TPSA) is 70.6 Å². The molecule has 1 N–H and O–H groups in total. The summed E-state index contributed by atoms with van der Waals surface area (Å²) >= 11 is 0. The van der Waals surface area contributed by atoms with E-state index in [1.807, 2.05) is 12.1 Å². The fourth-order valence-electron chi connectivity index (χ4n) is 4.86. The van der Waals surface area contributed by atoms with Crippen LogP contribution in [-0.4, -0.2) is 67.2 Å². The van der Waals surface area contributed by atoms with E-state index in [-0.39, 0.29) is 11.7 Å². The molecule has 1 unspecified atom stereocenters.